The average molecular weight is 277 g/mol. The number of carbonyl (C=O) groups excluding carboxylic acids is 2. The van der Waals surface area contributed by atoms with Gasteiger partial charge in [0.15, 0.2) is 0 Å². The number of carbonyl (C=O) groups is 2. The molecule has 4 nitrogen and oxygen atoms in total. The van der Waals surface area contributed by atoms with Crippen molar-refractivity contribution in [2.75, 3.05) is 32.0 Å². The van der Waals surface area contributed by atoms with Gasteiger partial charge in [0, 0.05) is 32.0 Å². The Balaban J connectivity index is 2.56. The molecule has 0 aromatic carbocycles. The normalized spacial score (nSPS) is 19.7. The Morgan fingerprint density at radius 1 is 1.33 bits per heavy atom. The fourth-order valence-electron chi connectivity index (χ4n) is 1.55. The van der Waals surface area contributed by atoms with Gasteiger partial charge in [-0.05, 0) is 5.92 Å². The van der Waals surface area contributed by atoms with E-state index < -0.39 is 0 Å². The summed E-state index contributed by atoms with van der Waals surface area (Å²) < 4.78 is 0. The summed E-state index contributed by atoms with van der Waals surface area (Å²) in [4.78, 5) is 26.2. The van der Waals surface area contributed by atoms with Crippen LogP contribution in [0.5, 0.6) is 0 Å². The lowest BCUT2D eigenvalue weighted by Gasteiger charge is -2.33. The van der Waals surface area contributed by atoms with Crippen molar-refractivity contribution in [1.29, 1.82) is 0 Å². The molecule has 0 aliphatic carbocycles. The number of alkyl halides is 1. The average Bonchev–Trinajstić information content (AvgIpc) is 2.25. The van der Waals surface area contributed by atoms with Crippen LogP contribution in [-0.2, 0) is 9.59 Å². The summed E-state index contributed by atoms with van der Waals surface area (Å²) in [7, 11) is 1.67. The van der Waals surface area contributed by atoms with Crippen molar-refractivity contribution in [3.8, 4) is 0 Å². The second-order valence-electron chi connectivity index (χ2n) is 3.91. The summed E-state index contributed by atoms with van der Waals surface area (Å²) >= 11 is 3.42. The Bertz CT molecular complexity index is 254. The lowest BCUT2D eigenvalue weighted by atomic mass is 10.1. The number of halogens is 1. The fourth-order valence-corrected chi connectivity index (χ4v) is 2.21. The third-order valence-corrected chi connectivity index (χ3v) is 3.71. The van der Waals surface area contributed by atoms with E-state index in [1.54, 1.807) is 11.9 Å². The Labute approximate surface area is 98.7 Å². The SMILES string of the molecule is CCC(CBr)CN1CCN(C)C(=O)C1=O. The molecular weight excluding hydrogens is 260 g/mol. The zero-order chi connectivity index (χ0) is 11.4. The second-order valence-corrected chi connectivity index (χ2v) is 4.55. The summed E-state index contributed by atoms with van der Waals surface area (Å²) in [6.07, 6.45) is 1.01. The van der Waals surface area contributed by atoms with Gasteiger partial charge in [-0.15, -0.1) is 0 Å². The minimum Gasteiger partial charge on any atom is -0.336 e. The van der Waals surface area contributed by atoms with E-state index in [9.17, 15) is 9.59 Å². The van der Waals surface area contributed by atoms with Gasteiger partial charge in [-0.1, -0.05) is 29.3 Å². The van der Waals surface area contributed by atoms with Crippen LogP contribution >= 0.6 is 15.9 Å². The van der Waals surface area contributed by atoms with Gasteiger partial charge >= 0.3 is 11.8 Å². The largest absolute Gasteiger partial charge is 0.336 e. The molecular formula is C10H17BrN2O2. The smallest absolute Gasteiger partial charge is 0.312 e. The predicted octanol–water partition coefficient (Wildman–Crippen LogP) is 0.708. The van der Waals surface area contributed by atoms with Crippen molar-refractivity contribution < 1.29 is 9.59 Å². The van der Waals surface area contributed by atoms with Crippen molar-refractivity contribution in [3.05, 3.63) is 0 Å². The van der Waals surface area contributed by atoms with Crippen LogP contribution in [0.1, 0.15) is 13.3 Å². The van der Waals surface area contributed by atoms with Gasteiger partial charge in [0.05, 0.1) is 0 Å². The first-order valence-corrected chi connectivity index (χ1v) is 6.32. The number of hydrogen-bond acceptors (Lipinski definition) is 2. The Kier molecular flexibility index (Phi) is 4.57. The number of piperazine rings is 1. The maximum absolute atomic E-state index is 11.6. The van der Waals surface area contributed by atoms with E-state index in [2.05, 4.69) is 22.9 Å². The summed E-state index contributed by atoms with van der Waals surface area (Å²) in [5.41, 5.74) is 0. The third kappa shape index (κ3) is 2.93. The summed E-state index contributed by atoms with van der Waals surface area (Å²) in [5, 5.41) is 0.872. The molecule has 15 heavy (non-hydrogen) atoms. The molecule has 1 fully saturated rings. The number of hydrogen-bond donors (Lipinski definition) is 0. The predicted molar refractivity (Wildman–Crippen MR) is 61.8 cm³/mol. The monoisotopic (exact) mass is 276 g/mol. The van der Waals surface area contributed by atoms with Crippen LogP contribution < -0.4 is 0 Å². The van der Waals surface area contributed by atoms with Gasteiger partial charge in [0.2, 0.25) is 0 Å². The van der Waals surface area contributed by atoms with Crippen LogP contribution in [-0.4, -0.2) is 53.6 Å². The molecule has 0 saturated carbocycles. The van der Waals surface area contributed by atoms with E-state index >= 15 is 0 Å². The second kappa shape index (κ2) is 5.49. The van der Waals surface area contributed by atoms with Crippen molar-refractivity contribution in [1.82, 2.24) is 9.80 Å². The van der Waals surface area contributed by atoms with Crippen LogP contribution in [0, 0.1) is 5.92 Å². The van der Waals surface area contributed by atoms with Gasteiger partial charge in [0.1, 0.15) is 0 Å². The van der Waals surface area contributed by atoms with Crippen molar-refractivity contribution >= 4 is 27.7 Å². The molecule has 0 radical (unpaired) electrons. The molecule has 0 spiro atoms. The van der Waals surface area contributed by atoms with Gasteiger partial charge in [-0.3, -0.25) is 9.59 Å². The van der Waals surface area contributed by atoms with Crippen LogP contribution in [0.25, 0.3) is 0 Å². The lowest BCUT2D eigenvalue weighted by molar-refractivity contribution is -0.155. The van der Waals surface area contributed by atoms with Crippen molar-refractivity contribution in [3.63, 3.8) is 0 Å². The molecule has 1 saturated heterocycles. The van der Waals surface area contributed by atoms with Gasteiger partial charge < -0.3 is 9.80 Å². The highest BCUT2D eigenvalue weighted by Crippen LogP contribution is 2.11. The molecule has 86 valence electrons. The van der Waals surface area contributed by atoms with E-state index in [1.807, 2.05) is 0 Å². The Morgan fingerprint density at radius 3 is 2.53 bits per heavy atom. The molecule has 0 aromatic heterocycles. The van der Waals surface area contributed by atoms with Crippen LogP contribution in [0.2, 0.25) is 0 Å². The van der Waals surface area contributed by atoms with Crippen molar-refractivity contribution in [2.45, 2.75) is 13.3 Å². The molecule has 0 bridgehead atoms. The van der Waals surface area contributed by atoms with E-state index in [0.717, 1.165) is 11.8 Å². The highest BCUT2D eigenvalue weighted by atomic mass is 79.9. The zero-order valence-corrected chi connectivity index (χ0v) is 10.8. The zero-order valence-electron chi connectivity index (χ0n) is 9.20. The van der Waals surface area contributed by atoms with Gasteiger partial charge in [-0.25, -0.2) is 0 Å². The fraction of sp³-hybridized carbons (Fsp3) is 0.800. The van der Waals surface area contributed by atoms with E-state index in [4.69, 9.17) is 0 Å². The van der Waals surface area contributed by atoms with Crippen LogP contribution in [0.4, 0.5) is 0 Å². The molecule has 0 N–H and O–H groups in total. The Morgan fingerprint density at radius 2 is 2.00 bits per heavy atom. The standard InChI is InChI=1S/C10H17BrN2O2/c1-3-8(6-11)7-13-5-4-12(2)9(14)10(13)15/h8H,3-7H2,1-2H3. The quantitative estimate of drug-likeness (QED) is 0.561. The van der Waals surface area contributed by atoms with E-state index in [0.29, 0.717) is 25.6 Å². The number of amides is 2. The maximum Gasteiger partial charge on any atom is 0.312 e. The molecule has 1 atom stereocenters. The third-order valence-electron chi connectivity index (χ3n) is 2.80. The topological polar surface area (TPSA) is 40.6 Å². The number of nitrogens with zero attached hydrogens (tertiary/aromatic N) is 2. The molecule has 1 aliphatic heterocycles. The molecule has 0 aromatic rings. The lowest BCUT2D eigenvalue weighted by Crippen LogP contribution is -2.53. The summed E-state index contributed by atoms with van der Waals surface area (Å²) in [6, 6.07) is 0. The minimum atomic E-state index is -0.384. The van der Waals surface area contributed by atoms with E-state index in [-0.39, 0.29) is 11.8 Å². The van der Waals surface area contributed by atoms with Gasteiger partial charge in [-0.2, -0.15) is 0 Å². The first-order valence-electron chi connectivity index (χ1n) is 5.20. The van der Waals surface area contributed by atoms with Gasteiger partial charge in [0.25, 0.3) is 0 Å². The number of likely N-dealkylation sites (N-methyl/N-ethyl adjacent to an activating group) is 1. The van der Waals surface area contributed by atoms with Crippen LogP contribution in [0.3, 0.4) is 0 Å². The van der Waals surface area contributed by atoms with E-state index in [1.165, 1.54) is 4.90 Å². The molecule has 1 unspecified atom stereocenters. The first-order chi connectivity index (χ1) is 7.10. The Hall–Kier alpha value is -0.580. The maximum atomic E-state index is 11.6. The molecule has 5 heteroatoms. The molecule has 1 heterocycles. The molecule has 1 aliphatic rings. The van der Waals surface area contributed by atoms with Crippen LogP contribution in [0.15, 0.2) is 0 Å². The highest BCUT2D eigenvalue weighted by Gasteiger charge is 2.30. The highest BCUT2D eigenvalue weighted by molar-refractivity contribution is 9.09. The summed E-state index contributed by atoms with van der Waals surface area (Å²) in [6.45, 7) is 4.07. The summed E-state index contributed by atoms with van der Waals surface area (Å²) in [5.74, 6) is -0.306. The van der Waals surface area contributed by atoms with Crippen molar-refractivity contribution in [2.24, 2.45) is 5.92 Å². The molecule has 1 rings (SSSR count). The number of rotatable bonds is 4. The molecule has 2 amide bonds. The minimum absolute atomic E-state index is 0.358. The first kappa shape index (κ1) is 12.5.